The largest absolute Gasteiger partial charge is 0.378 e. The van der Waals surface area contributed by atoms with Gasteiger partial charge in [0.05, 0.1) is 30.7 Å². The number of morpholine rings is 1. The lowest BCUT2D eigenvalue weighted by molar-refractivity contribution is 0.0303. The predicted octanol–water partition coefficient (Wildman–Crippen LogP) is -0.0686. The summed E-state index contributed by atoms with van der Waals surface area (Å²) in [6.07, 6.45) is 6.26. The van der Waals surface area contributed by atoms with Crippen LogP contribution in [-0.2, 0) is 11.3 Å². The van der Waals surface area contributed by atoms with Gasteiger partial charge in [-0.3, -0.25) is 9.69 Å². The molecule has 4 rings (SSSR count). The molecule has 0 spiro atoms. The number of carbonyl (C=O) groups excluding carboxylic acids is 2. The van der Waals surface area contributed by atoms with Crippen molar-refractivity contribution in [3.63, 3.8) is 0 Å². The van der Waals surface area contributed by atoms with Gasteiger partial charge < -0.3 is 14.5 Å². The van der Waals surface area contributed by atoms with Crippen LogP contribution >= 0.6 is 0 Å². The average molecular weight is 385 g/mol. The molecule has 0 unspecified atom stereocenters. The highest BCUT2D eigenvalue weighted by Gasteiger charge is 2.25. The van der Waals surface area contributed by atoms with Crippen molar-refractivity contribution in [2.45, 2.75) is 6.54 Å². The minimum atomic E-state index is -0.206. The van der Waals surface area contributed by atoms with Gasteiger partial charge in [0.25, 0.3) is 5.91 Å². The zero-order valence-electron chi connectivity index (χ0n) is 15.6. The number of hydrogen-bond acceptors (Lipinski definition) is 7. The first kappa shape index (κ1) is 18.5. The minimum Gasteiger partial charge on any atom is -0.378 e. The Bertz CT molecular complexity index is 812. The number of amides is 2. The third kappa shape index (κ3) is 4.18. The number of piperazine rings is 1. The van der Waals surface area contributed by atoms with E-state index in [1.165, 1.54) is 17.1 Å². The van der Waals surface area contributed by atoms with Crippen LogP contribution in [0, 0.1) is 0 Å². The van der Waals surface area contributed by atoms with Crippen molar-refractivity contribution in [2.24, 2.45) is 0 Å². The molecule has 148 valence electrons. The number of ether oxygens (including phenoxy) is 1. The summed E-state index contributed by atoms with van der Waals surface area (Å²) in [7, 11) is 0. The van der Waals surface area contributed by atoms with Crippen LogP contribution < -0.4 is 0 Å². The number of nitrogens with zero attached hydrogens (tertiary/aromatic N) is 7. The van der Waals surface area contributed by atoms with Crippen LogP contribution in [0.3, 0.4) is 0 Å². The molecule has 10 nitrogen and oxygen atoms in total. The van der Waals surface area contributed by atoms with Gasteiger partial charge in [0.1, 0.15) is 6.33 Å². The molecule has 0 radical (unpaired) electrons. The van der Waals surface area contributed by atoms with E-state index in [0.29, 0.717) is 45.0 Å². The fourth-order valence-electron chi connectivity index (χ4n) is 3.37. The van der Waals surface area contributed by atoms with Gasteiger partial charge in [0.15, 0.2) is 0 Å². The molecular weight excluding hydrogens is 362 g/mol. The molecule has 0 aromatic carbocycles. The van der Waals surface area contributed by atoms with Crippen LogP contribution in [0.5, 0.6) is 0 Å². The van der Waals surface area contributed by atoms with E-state index in [1.54, 1.807) is 22.3 Å². The van der Waals surface area contributed by atoms with Gasteiger partial charge in [-0.2, -0.15) is 9.78 Å². The Morgan fingerprint density at radius 2 is 1.82 bits per heavy atom. The molecule has 2 amide bonds. The van der Waals surface area contributed by atoms with Crippen LogP contribution in [0.1, 0.15) is 16.1 Å². The van der Waals surface area contributed by atoms with E-state index in [-0.39, 0.29) is 11.9 Å². The van der Waals surface area contributed by atoms with Crippen LogP contribution in [0.25, 0.3) is 0 Å². The second-order valence-electron chi connectivity index (χ2n) is 6.82. The topological polar surface area (TPSA) is 96.7 Å². The summed E-state index contributed by atoms with van der Waals surface area (Å²) < 4.78 is 6.53. The van der Waals surface area contributed by atoms with Crippen molar-refractivity contribution in [2.75, 3.05) is 52.5 Å². The summed E-state index contributed by atoms with van der Waals surface area (Å²) in [5.41, 5.74) is 1.39. The number of rotatable bonds is 3. The Morgan fingerprint density at radius 3 is 2.54 bits per heavy atom. The standard InChI is InChI=1S/C18H23N7O3/c26-17(23-7-9-28-10-8-23)15-11-21-25(12-15)18(27)24-5-3-22(4-6-24)13-16-1-2-19-14-20-16/h1-2,11-12,14H,3-10,13H2. The number of carbonyl (C=O) groups is 2. The van der Waals surface area contributed by atoms with Crippen LogP contribution in [0.4, 0.5) is 4.79 Å². The molecule has 10 heteroatoms. The molecule has 2 aliphatic heterocycles. The molecule has 0 saturated carbocycles. The van der Waals surface area contributed by atoms with Crippen LogP contribution in [-0.4, -0.2) is 98.9 Å². The van der Waals surface area contributed by atoms with Crippen LogP contribution in [0.2, 0.25) is 0 Å². The first-order valence-corrected chi connectivity index (χ1v) is 9.39. The van der Waals surface area contributed by atoms with Crippen molar-refractivity contribution in [3.8, 4) is 0 Å². The Kier molecular flexibility index (Phi) is 5.58. The fraction of sp³-hybridized carbons (Fsp3) is 0.500. The van der Waals surface area contributed by atoms with E-state index in [1.807, 2.05) is 6.07 Å². The lowest BCUT2D eigenvalue weighted by Crippen LogP contribution is -2.49. The van der Waals surface area contributed by atoms with Crippen molar-refractivity contribution in [1.82, 2.24) is 34.4 Å². The predicted molar refractivity (Wildman–Crippen MR) is 98.6 cm³/mol. The molecule has 0 N–H and O–H groups in total. The maximum Gasteiger partial charge on any atom is 0.344 e. The van der Waals surface area contributed by atoms with Gasteiger partial charge in [-0.15, -0.1) is 0 Å². The Morgan fingerprint density at radius 1 is 1.04 bits per heavy atom. The SMILES string of the molecule is O=C(c1cnn(C(=O)N2CCN(Cc3ccncn3)CC2)c1)N1CCOCC1. The normalized spacial score (nSPS) is 18.3. The summed E-state index contributed by atoms with van der Waals surface area (Å²) in [6, 6.07) is 1.69. The lowest BCUT2D eigenvalue weighted by atomic mass is 10.3. The average Bonchev–Trinajstić information content (AvgIpc) is 3.25. The van der Waals surface area contributed by atoms with E-state index in [4.69, 9.17) is 4.74 Å². The molecule has 0 atom stereocenters. The van der Waals surface area contributed by atoms with E-state index < -0.39 is 0 Å². The Balaban J connectivity index is 1.32. The molecule has 2 fully saturated rings. The Labute approximate surface area is 162 Å². The second-order valence-corrected chi connectivity index (χ2v) is 6.82. The number of hydrogen-bond donors (Lipinski definition) is 0. The summed E-state index contributed by atoms with van der Waals surface area (Å²) in [5, 5.41) is 4.11. The molecule has 2 saturated heterocycles. The maximum atomic E-state index is 12.7. The highest BCUT2D eigenvalue weighted by Crippen LogP contribution is 2.10. The van der Waals surface area contributed by atoms with E-state index in [2.05, 4.69) is 20.0 Å². The van der Waals surface area contributed by atoms with Gasteiger partial charge in [0.2, 0.25) is 0 Å². The quantitative estimate of drug-likeness (QED) is 0.730. The summed E-state index contributed by atoms with van der Waals surface area (Å²) in [5.74, 6) is -0.114. The summed E-state index contributed by atoms with van der Waals surface area (Å²) in [4.78, 5) is 39.1. The minimum absolute atomic E-state index is 0.114. The first-order chi connectivity index (χ1) is 13.7. The lowest BCUT2D eigenvalue weighted by Gasteiger charge is -2.34. The fourth-order valence-corrected chi connectivity index (χ4v) is 3.37. The zero-order chi connectivity index (χ0) is 19.3. The van der Waals surface area contributed by atoms with Crippen LogP contribution in [0.15, 0.2) is 31.0 Å². The molecule has 28 heavy (non-hydrogen) atoms. The zero-order valence-corrected chi connectivity index (χ0v) is 15.6. The van der Waals surface area contributed by atoms with E-state index >= 15 is 0 Å². The highest BCUT2D eigenvalue weighted by atomic mass is 16.5. The van der Waals surface area contributed by atoms with E-state index in [0.717, 1.165) is 25.3 Å². The Hall–Kier alpha value is -2.85. The molecule has 2 aromatic heterocycles. The van der Waals surface area contributed by atoms with Gasteiger partial charge in [-0.25, -0.2) is 14.8 Å². The molecular formula is C18H23N7O3. The van der Waals surface area contributed by atoms with Crippen molar-refractivity contribution in [3.05, 3.63) is 42.2 Å². The summed E-state index contributed by atoms with van der Waals surface area (Å²) >= 11 is 0. The number of aromatic nitrogens is 4. The van der Waals surface area contributed by atoms with Gasteiger partial charge in [0, 0.05) is 58.2 Å². The third-order valence-corrected chi connectivity index (χ3v) is 5.00. The monoisotopic (exact) mass is 385 g/mol. The van der Waals surface area contributed by atoms with Gasteiger partial charge in [-0.1, -0.05) is 0 Å². The third-order valence-electron chi connectivity index (χ3n) is 5.00. The highest BCUT2D eigenvalue weighted by molar-refractivity contribution is 5.94. The first-order valence-electron chi connectivity index (χ1n) is 9.39. The van der Waals surface area contributed by atoms with Gasteiger partial charge in [-0.05, 0) is 6.07 Å². The molecule has 2 aliphatic rings. The van der Waals surface area contributed by atoms with Gasteiger partial charge >= 0.3 is 6.03 Å². The second kappa shape index (κ2) is 8.44. The summed E-state index contributed by atoms with van der Waals surface area (Å²) in [6.45, 7) is 5.68. The molecule has 0 aliphatic carbocycles. The molecule has 4 heterocycles. The van der Waals surface area contributed by atoms with Crippen molar-refractivity contribution < 1.29 is 14.3 Å². The smallest absolute Gasteiger partial charge is 0.344 e. The molecule has 0 bridgehead atoms. The maximum absolute atomic E-state index is 12.7. The molecule has 2 aromatic rings. The van der Waals surface area contributed by atoms with Crippen molar-refractivity contribution in [1.29, 1.82) is 0 Å². The van der Waals surface area contributed by atoms with Crippen molar-refractivity contribution >= 4 is 11.9 Å². The van der Waals surface area contributed by atoms with E-state index in [9.17, 15) is 9.59 Å².